The number of aryl methyl sites for hydroxylation is 1. The molecule has 1 atom stereocenters. The van der Waals surface area contributed by atoms with Crippen LogP contribution in [-0.2, 0) is 16.0 Å². The lowest BCUT2D eigenvalue weighted by molar-refractivity contribution is -0.141. The van der Waals surface area contributed by atoms with Gasteiger partial charge in [-0.15, -0.1) is 0 Å². The van der Waals surface area contributed by atoms with Crippen LogP contribution < -0.4 is 4.74 Å². The summed E-state index contributed by atoms with van der Waals surface area (Å²) in [5.41, 5.74) is 2.14. The number of carbonyl (C=O) groups is 1. The van der Waals surface area contributed by atoms with Crippen molar-refractivity contribution >= 4 is 5.97 Å². The number of carbonyl (C=O) groups excluding carboxylic acids is 1. The fraction of sp³-hybridized carbons (Fsp3) is 0.500. The number of rotatable bonds is 4. The van der Waals surface area contributed by atoms with Crippen LogP contribution in [0, 0.1) is 0 Å². The van der Waals surface area contributed by atoms with Crippen LogP contribution >= 0.6 is 0 Å². The van der Waals surface area contributed by atoms with Gasteiger partial charge in [-0.3, -0.25) is 4.79 Å². The van der Waals surface area contributed by atoms with Gasteiger partial charge in [-0.1, -0.05) is 6.07 Å². The lowest BCUT2D eigenvalue weighted by Gasteiger charge is -2.21. The van der Waals surface area contributed by atoms with E-state index in [-0.39, 0.29) is 12.4 Å². The Bertz CT molecular complexity index is 428. The van der Waals surface area contributed by atoms with E-state index in [1.54, 1.807) is 0 Å². The van der Waals surface area contributed by atoms with E-state index in [2.05, 4.69) is 4.74 Å². The molecule has 2 rings (SSSR count). The number of hydrogen-bond acceptors (Lipinski definition) is 4. The first-order valence-electron chi connectivity index (χ1n) is 6.21. The summed E-state index contributed by atoms with van der Waals surface area (Å²) < 4.78 is 10.0. The fourth-order valence-electron chi connectivity index (χ4n) is 2.20. The molecule has 0 heterocycles. The highest BCUT2D eigenvalue weighted by Crippen LogP contribution is 2.32. The van der Waals surface area contributed by atoms with Crippen molar-refractivity contribution in [3.63, 3.8) is 0 Å². The Morgan fingerprint density at radius 1 is 1.50 bits per heavy atom. The van der Waals surface area contributed by atoms with Crippen LogP contribution in [0.1, 0.15) is 36.5 Å². The van der Waals surface area contributed by atoms with Gasteiger partial charge in [0.1, 0.15) is 5.75 Å². The molecule has 4 heteroatoms. The van der Waals surface area contributed by atoms with Gasteiger partial charge in [-0.05, 0) is 42.5 Å². The van der Waals surface area contributed by atoms with Gasteiger partial charge in [0.2, 0.25) is 0 Å². The predicted octanol–water partition coefficient (Wildman–Crippen LogP) is 2.00. The van der Waals surface area contributed by atoms with Crippen molar-refractivity contribution in [3.05, 3.63) is 29.3 Å². The van der Waals surface area contributed by atoms with Gasteiger partial charge in [-0.2, -0.15) is 0 Å². The Kier molecular flexibility index (Phi) is 4.20. The summed E-state index contributed by atoms with van der Waals surface area (Å²) in [6.45, 7) is 0.293. The van der Waals surface area contributed by atoms with Crippen molar-refractivity contribution in [1.29, 1.82) is 0 Å². The molecule has 1 aliphatic carbocycles. The second-order valence-electron chi connectivity index (χ2n) is 4.44. The SMILES string of the molecule is COC(=O)CCOc1ccc2c(c1)[C@H](O)CCC2. The number of aliphatic hydroxyl groups is 1. The second-order valence-corrected chi connectivity index (χ2v) is 4.44. The average molecular weight is 250 g/mol. The molecule has 0 spiro atoms. The highest BCUT2D eigenvalue weighted by atomic mass is 16.5. The van der Waals surface area contributed by atoms with Crippen LogP contribution in [0.4, 0.5) is 0 Å². The highest BCUT2D eigenvalue weighted by molar-refractivity contribution is 5.69. The molecule has 0 aliphatic heterocycles. The molecule has 18 heavy (non-hydrogen) atoms. The summed E-state index contributed by atoms with van der Waals surface area (Å²) in [5.74, 6) is 0.409. The number of aliphatic hydroxyl groups excluding tert-OH is 1. The molecular formula is C14H18O4. The molecule has 0 amide bonds. The van der Waals surface area contributed by atoms with E-state index in [1.165, 1.54) is 12.7 Å². The van der Waals surface area contributed by atoms with E-state index >= 15 is 0 Å². The van der Waals surface area contributed by atoms with E-state index in [0.29, 0.717) is 12.4 Å². The molecule has 0 aromatic heterocycles. The number of methoxy groups -OCH3 is 1. The Morgan fingerprint density at radius 2 is 2.33 bits per heavy atom. The van der Waals surface area contributed by atoms with Crippen LogP contribution in [0.5, 0.6) is 5.75 Å². The van der Waals surface area contributed by atoms with E-state index in [1.807, 2.05) is 18.2 Å². The first-order chi connectivity index (χ1) is 8.70. The molecule has 0 unspecified atom stereocenters. The molecular weight excluding hydrogens is 232 g/mol. The zero-order valence-corrected chi connectivity index (χ0v) is 10.5. The highest BCUT2D eigenvalue weighted by Gasteiger charge is 2.18. The zero-order chi connectivity index (χ0) is 13.0. The third kappa shape index (κ3) is 3.01. The average Bonchev–Trinajstić information content (AvgIpc) is 2.39. The van der Waals surface area contributed by atoms with Crippen molar-refractivity contribution in [3.8, 4) is 5.75 Å². The van der Waals surface area contributed by atoms with Crippen molar-refractivity contribution in [2.45, 2.75) is 31.8 Å². The third-order valence-electron chi connectivity index (χ3n) is 3.20. The minimum atomic E-state index is -0.391. The minimum Gasteiger partial charge on any atom is -0.493 e. The predicted molar refractivity (Wildman–Crippen MR) is 66.5 cm³/mol. The number of benzene rings is 1. The quantitative estimate of drug-likeness (QED) is 0.830. The summed E-state index contributed by atoms with van der Waals surface area (Å²) in [6, 6.07) is 5.75. The monoisotopic (exact) mass is 250 g/mol. The smallest absolute Gasteiger partial charge is 0.308 e. The molecule has 0 fully saturated rings. The molecule has 0 saturated heterocycles. The van der Waals surface area contributed by atoms with Crippen LogP contribution in [0.15, 0.2) is 18.2 Å². The third-order valence-corrected chi connectivity index (χ3v) is 3.20. The Labute approximate surface area is 107 Å². The maximum Gasteiger partial charge on any atom is 0.308 e. The lowest BCUT2D eigenvalue weighted by atomic mass is 9.89. The first-order valence-corrected chi connectivity index (χ1v) is 6.21. The van der Waals surface area contributed by atoms with Gasteiger partial charge >= 0.3 is 5.97 Å². The van der Waals surface area contributed by atoms with Crippen molar-refractivity contribution in [2.75, 3.05) is 13.7 Å². The summed E-state index contributed by atoms with van der Waals surface area (Å²) in [7, 11) is 1.36. The van der Waals surface area contributed by atoms with Crippen molar-refractivity contribution in [1.82, 2.24) is 0 Å². The molecule has 0 radical (unpaired) electrons. The van der Waals surface area contributed by atoms with Crippen LogP contribution in [0.3, 0.4) is 0 Å². The Morgan fingerprint density at radius 3 is 3.11 bits per heavy atom. The standard InChI is InChI=1S/C14H18O4/c1-17-14(16)7-8-18-11-6-5-10-3-2-4-13(15)12(10)9-11/h5-6,9,13,15H,2-4,7-8H2,1H3/t13-/m1/s1. The first kappa shape index (κ1) is 12.9. The van der Waals surface area contributed by atoms with Crippen molar-refractivity contribution in [2.24, 2.45) is 0 Å². The van der Waals surface area contributed by atoms with Gasteiger partial charge in [0.25, 0.3) is 0 Å². The molecule has 0 bridgehead atoms. The van der Waals surface area contributed by atoms with E-state index < -0.39 is 6.10 Å². The summed E-state index contributed by atoms with van der Waals surface area (Å²) in [4.78, 5) is 10.9. The van der Waals surface area contributed by atoms with Gasteiger partial charge < -0.3 is 14.6 Å². The second kappa shape index (κ2) is 5.87. The normalized spacial score (nSPS) is 18.0. The van der Waals surface area contributed by atoms with E-state index in [9.17, 15) is 9.90 Å². The molecule has 1 aromatic rings. The Balaban J connectivity index is 1.98. The van der Waals surface area contributed by atoms with Gasteiger partial charge in [0.05, 0.1) is 26.2 Å². The summed E-state index contributed by atoms with van der Waals surface area (Å²) in [5, 5.41) is 9.91. The maximum atomic E-state index is 10.9. The van der Waals surface area contributed by atoms with Gasteiger partial charge in [0, 0.05) is 0 Å². The summed E-state index contributed by atoms with van der Waals surface area (Å²) in [6.07, 6.45) is 2.68. The number of hydrogen-bond donors (Lipinski definition) is 1. The number of ether oxygens (including phenoxy) is 2. The van der Waals surface area contributed by atoms with Crippen molar-refractivity contribution < 1.29 is 19.4 Å². The number of fused-ring (bicyclic) bond motifs is 1. The fourth-order valence-corrected chi connectivity index (χ4v) is 2.20. The summed E-state index contributed by atoms with van der Waals surface area (Å²) >= 11 is 0. The van der Waals surface area contributed by atoms with Crippen LogP contribution in [0.2, 0.25) is 0 Å². The molecule has 1 N–H and O–H groups in total. The van der Waals surface area contributed by atoms with Crippen LogP contribution in [0.25, 0.3) is 0 Å². The molecule has 0 saturated carbocycles. The van der Waals surface area contributed by atoms with E-state index in [4.69, 9.17) is 4.74 Å². The zero-order valence-electron chi connectivity index (χ0n) is 10.5. The lowest BCUT2D eigenvalue weighted by Crippen LogP contribution is -2.10. The van der Waals surface area contributed by atoms with Gasteiger partial charge in [0.15, 0.2) is 0 Å². The molecule has 4 nitrogen and oxygen atoms in total. The maximum absolute atomic E-state index is 10.9. The largest absolute Gasteiger partial charge is 0.493 e. The Hall–Kier alpha value is -1.55. The van der Waals surface area contributed by atoms with Gasteiger partial charge in [-0.25, -0.2) is 0 Å². The van der Waals surface area contributed by atoms with Crippen LogP contribution in [-0.4, -0.2) is 24.8 Å². The van der Waals surface area contributed by atoms with E-state index in [0.717, 1.165) is 24.8 Å². The molecule has 1 aliphatic rings. The molecule has 1 aromatic carbocycles. The molecule has 98 valence electrons. The number of esters is 1. The minimum absolute atomic E-state index is 0.232. The topological polar surface area (TPSA) is 55.8 Å².